The summed E-state index contributed by atoms with van der Waals surface area (Å²) < 4.78 is 75.3. The highest BCUT2D eigenvalue weighted by atomic mass is 28.4. The number of H-pyrrole nitrogens is 1. The Bertz CT molecular complexity index is 1810. The molecule has 3 heterocycles. The monoisotopic (exact) mass is 936 g/mol. The van der Waals surface area contributed by atoms with Crippen molar-refractivity contribution in [1.29, 1.82) is 0 Å². The Morgan fingerprint density at radius 2 is 1.21 bits per heavy atom. The Morgan fingerprint density at radius 1 is 0.698 bits per heavy atom. The molecule has 0 saturated carbocycles. The van der Waals surface area contributed by atoms with Crippen molar-refractivity contribution < 1.29 is 80.1 Å². The maximum Gasteiger partial charge on any atom is 0.332 e. The fourth-order valence-electron chi connectivity index (χ4n) is 6.02. The molecular formula is C40H68N2O19Si2. The number of methoxy groups -OCH3 is 4. The molecule has 1 aromatic heterocycles. The van der Waals surface area contributed by atoms with Crippen LogP contribution in [0.4, 0.5) is 0 Å². The van der Waals surface area contributed by atoms with Crippen molar-refractivity contribution in [3.8, 4) is 0 Å². The van der Waals surface area contributed by atoms with Crippen LogP contribution in [-0.2, 0) is 86.7 Å². The molecule has 2 aliphatic heterocycles. The number of rotatable bonds is 22. The number of nitrogens with zero attached hydrogens (tertiary/aromatic N) is 1. The number of hydrogen-bond donors (Lipinski definition) is 1. The molecule has 2 aliphatic rings. The molecule has 0 amide bonds. The van der Waals surface area contributed by atoms with Gasteiger partial charge in [0.2, 0.25) is 0 Å². The van der Waals surface area contributed by atoms with Crippen LogP contribution in [0.5, 0.6) is 0 Å². The molecule has 0 aliphatic carbocycles. The molecule has 23 heteroatoms. The molecular weight excluding hydrogens is 869 g/mol. The van der Waals surface area contributed by atoms with E-state index in [9.17, 15) is 28.8 Å². The molecule has 0 spiro atoms. The number of ether oxygens (including phenoxy) is 11. The van der Waals surface area contributed by atoms with Gasteiger partial charge in [0.25, 0.3) is 5.56 Å². The van der Waals surface area contributed by atoms with Crippen LogP contribution in [0, 0.1) is 0 Å². The van der Waals surface area contributed by atoms with Crippen LogP contribution >= 0.6 is 0 Å². The minimum absolute atomic E-state index is 0.0792. The van der Waals surface area contributed by atoms with Crippen LogP contribution < -0.4 is 11.2 Å². The van der Waals surface area contributed by atoms with E-state index in [1.165, 1.54) is 39.2 Å². The van der Waals surface area contributed by atoms with E-state index in [-0.39, 0.29) is 28.7 Å². The minimum Gasteiger partial charge on any atom is -0.461 e. The molecule has 1 N–H and O–H groups in total. The van der Waals surface area contributed by atoms with Crippen molar-refractivity contribution in [3.05, 3.63) is 32.6 Å². The fourth-order valence-corrected chi connectivity index (χ4v) is 8.39. The van der Waals surface area contributed by atoms with E-state index in [1.54, 1.807) is 0 Å². The van der Waals surface area contributed by atoms with Crippen LogP contribution in [0.1, 0.15) is 59.8 Å². The van der Waals surface area contributed by atoms with Crippen LogP contribution in [0.15, 0.2) is 15.8 Å². The Kier molecular flexibility index (Phi) is 19.9. The van der Waals surface area contributed by atoms with Gasteiger partial charge in [0.15, 0.2) is 41.2 Å². The van der Waals surface area contributed by atoms with Crippen molar-refractivity contribution in [2.75, 3.05) is 68.1 Å². The van der Waals surface area contributed by atoms with E-state index >= 15 is 0 Å². The summed E-state index contributed by atoms with van der Waals surface area (Å²) in [5.41, 5.74) is -1.66. The van der Waals surface area contributed by atoms with Crippen LogP contribution in [0.25, 0.3) is 0 Å². The number of carbonyl (C=O) groups excluding carboxylic acids is 4. The highest BCUT2D eigenvalue weighted by Gasteiger charge is 2.54. The van der Waals surface area contributed by atoms with E-state index in [0.29, 0.717) is 0 Å². The standard InChI is InChI=1S/C40H68N2O19Si2/c1-39(2,3)62(11,12)55-19-26-25(61-63(13,14)40(4,5)6)15-28(56-26)42-16-24(36(47)41-38(42)48)17-54-37-35(60-32(46)23-52-10)34(59-31(45)22-51-9)33(58-30(44)21-50-8)27(57-37)18-53-29(43)20-49-7/h16,25-28,33-35,37H,15,17-23H2,1-14H3,(H,41,47,48)/t25-,26+,27+,28+,33+,34-,35+,37+/m0/s1. The highest BCUT2D eigenvalue weighted by molar-refractivity contribution is 6.74. The normalized spacial score (nSPS) is 24.5. The Labute approximate surface area is 370 Å². The van der Waals surface area contributed by atoms with Crippen LogP contribution in [-0.4, -0.2) is 161 Å². The molecule has 360 valence electrons. The summed E-state index contributed by atoms with van der Waals surface area (Å²) >= 11 is 0. The lowest BCUT2D eigenvalue weighted by Crippen LogP contribution is -2.63. The first kappa shape index (κ1) is 54.0. The SMILES string of the molecule is COCC(=O)OC[C@H]1O[C@@H](OCc2cn([C@H]3C[C@H](O[Si](C)(C)C(C)(C)C)[C@@H](CO[Si](C)(C)C(C)(C)C)O3)c(=O)[nH]c2=O)[C@H](OC(=O)COC)[C@@H](OC(=O)COC)[C@@H]1OC(=O)COC. The third-order valence-electron chi connectivity index (χ3n) is 11.5. The molecule has 8 atom stereocenters. The topological polar surface area (TPSA) is 243 Å². The molecule has 0 bridgehead atoms. The predicted octanol–water partition coefficient (Wildman–Crippen LogP) is 2.34. The molecule has 0 radical (unpaired) electrons. The molecule has 2 fully saturated rings. The van der Waals surface area contributed by atoms with Gasteiger partial charge in [0.1, 0.15) is 51.5 Å². The molecule has 1 aromatic rings. The second-order valence-corrected chi connectivity index (χ2v) is 27.9. The Balaban J connectivity index is 2.06. The van der Waals surface area contributed by atoms with Gasteiger partial charge in [-0.3, -0.25) is 14.3 Å². The zero-order valence-corrected chi connectivity index (χ0v) is 41.1. The third-order valence-corrected chi connectivity index (χ3v) is 20.5. The zero-order chi connectivity index (χ0) is 47.5. The van der Waals surface area contributed by atoms with Gasteiger partial charge in [-0.25, -0.2) is 24.0 Å². The third kappa shape index (κ3) is 15.1. The predicted molar refractivity (Wildman–Crippen MR) is 227 cm³/mol. The first-order valence-electron chi connectivity index (χ1n) is 20.6. The molecule has 63 heavy (non-hydrogen) atoms. The maximum absolute atomic E-state index is 13.5. The number of hydrogen-bond acceptors (Lipinski definition) is 19. The van der Waals surface area contributed by atoms with Gasteiger partial charge in [-0.05, 0) is 36.3 Å². The summed E-state index contributed by atoms with van der Waals surface area (Å²) in [6.07, 6.45) is -8.44. The summed E-state index contributed by atoms with van der Waals surface area (Å²) in [4.78, 5) is 80.3. The average molecular weight is 937 g/mol. The van der Waals surface area contributed by atoms with Crippen molar-refractivity contribution in [2.24, 2.45) is 0 Å². The number of aromatic amines is 1. The van der Waals surface area contributed by atoms with E-state index in [0.717, 1.165) is 0 Å². The van der Waals surface area contributed by atoms with E-state index < -0.39 is 141 Å². The molecule has 3 rings (SSSR count). The molecule has 0 unspecified atom stereocenters. The summed E-state index contributed by atoms with van der Waals surface area (Å²) in [7, 11) is 0.403. The van der Waals surface area contributed by atoms with Gasteiger partial charge in [-0.2, -0.15) is 0 Å². The highest BCUT2D eigenvalue weighted by Crippen LogP contribution is 2.42. The Hall–Kier alpha value is -3.37. The van der Waals surface area contributed by atoms with Gasteiger partial charge in [0.05, 0.1) is 24.9 Å². The second kappa shape index (κ2) is 23.2. The van der Waals surface area contributed by atoms with Crippen LogP contribution in [0.3, 0.4) is 0 Å². The number of carbonyl (C=O) groups is 4. The lowest BCUT2D eigenvalue weighted by Gasteiger charge is -2.44. The van der Waals surface area contributed by atoms with Crippen molar-refractivity contribution in [1.82, 2.24) is 9.55 Å². The number of aromatic nitrogens is 2. The minimum atomic E-state index is -2.36. The Morgan fingerprint density at radius 3 is 1.73 bits per heavy atom. The van der Waals surface area contributed by atoms with Gasteiger partial charge in [-0.1, -0.05) is 41.5 Å². The summed E-state index contributed by atoms with van der Waals surface area (Å²) in [5.74, 6) is -3.70. The molecule has 21 nitrogen and oxygen atoms in total. The van der Waals surface area contributed by atoms with E-state index in [1.807, 2.05) is 0 Å². The summed E-state index contributed by atoms with van der Waals surface area (Å²) in [5, 5.41) is -0.215. The van der Waals surface area contributed by atoms with Crippen molar-refractivity contribution in [3.63, 3.8) is 0 Å². The lowest BCUT2D eigenvalue weighted by atomic mass is 9.98. The zero-order valence-electron chi connectivity index (χ0n) is 39.1. The fraction of sp³-hybridized carbons (Fsp3) is 0.800. The van der Waals surface area contributed by atoms with E-state index in [4.69, 9.17) is 61.0 Å². The number of esters is 4. The van der Waals surface area contributed by atoms with Crippen molar-refractivity contribution >= 4 is 40.5 Å². The number of nitrogens with one attached hydrogen (secondary N) is 1. The molecule has 2 saturated heterocycles. The van der Waals surface area contributed by atoms with Crippen molar-refractivity contribution in [2.45, 2.75) is 140 Å². The summed E-state index contributed by atoms with van der Waals surface area (Å²) in [6, 6.07) is 0. The van der Waals surface area contributed by atoms with Gasteiger partial charge in [-0.15, -0.1) is 0 Å². The molecule has 0 aromatic carbocycles. The van der Waals surface area contributed by atoms with Crippen LogP contribution in [0.2, 0.25) is 36.3 Å². The first-order valence-corrected chi connectivity index (χ1v) is 26.4. The smallest absolute Gasteiger partial charge is 0.332 e. The quantitative estimate of drug-likeness (QED) is 0.0996. The van der Waals surface area contributed by atoms with Gasteiger partial charge >= 0.3 is 29.6 Å². The lowest BCUT2D eigenvalue weighted by molar-refractivity contribution is -0.312. The van der Waals surface area contributed by atoms with Gasteiger partial charge in [0, 0.05) is 41.1 Å². The first-order chi connectivity index (χ1) is 29.3. The van der Waals surface area contributed by atoms with Gasteiger partial charge < -0.3 is 61.0 Å². The maximum atomic E-state index is 13.5. The van der Waals surface area contributed by atoms with E-state index in [2.05, 4.69) is 72.7 Å². The second-order valence-electron chi connectivity index (χ2n) is 18.3. The largest absolute Gasteiger partial charge is 0.461 e. The summed E-state index contributed by atoms with van der Waals surface area (Å²) in [6.45, 7) is 18.2. The average Bonchev–Trinajstić information content (AvgIpc) is 3.55.